The summed E-state index contributed by atoms with van der Waals surface area (Å²) < 4.78 is 0. The van der Waals surface area contributed by atoms with E-state index in [-0.39, 0.29) is 12.0 Å². The average Bonchev–Trinajstić information content (AvgIpc) is 1.86. The molecule has 0 aromatic rings. The number of aliphatic hydroxyl groups is 1. The van der Waals surface area contributed by atoms with Gasteiger partial charge in [0.2, 0.25) is 0 Å². The van der Waals surface area contributed by atoms with Gasteiger partial charge in [-0.1, -0.05) is 19.1 Å². The third-order valence-electron chi connectivity index (χ3n) is 1.83. The first-order valence-corrected chi connectivity index (χ1v) is 3.04. The first-order chi connectivity index (χ1) is 4.06. The van der Waals surface area contributed by atoms with Crippen molar-refractivity contribution in [3.63, 3.8) is 0 Å². The lowest BCUT2D eigenvalue weighted by molar-refractivity contribution is 0.181. The molecule has 0 aliphatic rings. The van der Waals surface area contributed by atoms with Gasteiger partial charge in [-0.3, -0.25) is 0 Å². The lowest BCUT2D eigenvalue weighted by Crippen LogP contribution is -2.31. The van der Waals surface area contributed by atoms with E-state index in [1.54, 1.807) is 0 Å². The van der Waals surface area contributed by atoms with Gasteiger partial charge in [0.05, 0.1) is 6.61 Å². The molecule has 3 N–H and O–H groups in total. The van der Waals surface area contributed by atoms with Crippen LogP contribution in [0.4, 0.5) is 0 Å². The van der Waals surface area contributed by atoms with E-state index < -0.39 is 0 Å². The molecule has 0 amide bonds. The van der Waals surface area contributed by atoms with Crippen LogP contribution in [-0.2, 0) is 0 Å². The van der Waals surface area contributed by atoms with E-state index in [1.165, 1.54) is 0 Å². The van der Waals surface area contributed by atoms with Crippen LogP contribution in [-0.4, -0.2) is 18.3 Å². The van der Waals surface area contributed by atoms with Crippen molar-refractivity contribution in [2.45, 2.75) is 13.8 Å². The molecule has 1 unspecified atom stereocenters. The largest absolute Gasteiger partial charge is 0.395 e. The van der Waals surface area contributed by atoms with Crippen molar-refractivity contribution in [3.8, 4) is 0 Å². The van der Waals surface area contributed by atoms with E-state index in [1.807, 2.05) is 13.8 Å². The van der Waals surface area contributed by atoms with Crippen LogP contribution in [0.3, 0.4) is 0 Å². The molecule has 0 heterocycles. The number of aliphatic hydroxyl groups excluding tert-OH is 1. The molecule has 0 aromatic carbocycles. The molecule has 1 atom stereocenters. The Hall–Kier alpha value is -0.340. The molecule has 54 valence electrons. The molecule has 0 saturated carbocycles. The van der Waals surface area contributed by atoms with Gasteiger partial charge >= 0.3 is 0 Å². The molecular weight excluding hydrogens is 114 g/mol. The Labute approximate surface area is 56.4 Å². The molecule has 9 heavy (non-hydrogen) atoms. The van der Waals surface area contributed by atoms with Crippen molar-refractivity contribution < 1.29 is 5.11 Å². The van der Waals surface area contributed by atoms with Crippen LogP contribution in [0.2, 0.25) is 0 Å². The number of hydrogen-bond donors (Lipinski definition) is 2. The summed E-state index contributed by atoms with van der Waals surface area (Å²) in [6.45, 7) is 8.04. The Kier molecular flexibility index (Phi) is 2.88. The maximum absolute atomic E-state index is 8.81. The molecule has 0 aliphatic carbocycles. The van der Waals surface area contributed by atoms with Crippen molar-refractivity contribution in [3.05, 3.63) is 12.2 Å². The van der Waals surface area contributed by atoms with Crippen molar-refractivity contribution in [1.29, 1.82) is 0 Å². The van der Waals surface area contributed by atoms with Gasteiger partial charge in [0, 0.05) is 12.0 Å². The summed E-state index contributed by atoms with van der Waals surface area (Å²) in [5.74, 6) is 0. The van der Waals surface area contributed by atoms with Gasteiger partial charge in [-0.15, -0.1) is 0 Å². The predicted octanol–water partition coefficient (Wildman–Crippen LogP) is 0.520. The van der Waals surface area contributed by atoms with Crippen LogP contribution >= 0.6 is 0 Å². The lowest BCUT2D eigenvalue weighted by Gasteiger charge is -2.25. The second kappa shape index (κ2) is 2.99. The second-order valence-electron chi connectivity index (χ2n) is 2.70. The van der Waals surface area contributed by atoms with Crippen molar-refractivity contribution in [1.82, 2.24) is 0 Å². The topological polar surface area (TPSA) is 46.2 Å². The summed E-state index contributed by atoms with van der Waals surface area (Å²) in [6.07, 6.45) is 0. The Morgan fingerprint density at radius 2 is 2.22 bits per heavy atom. The quantitative estimate of drug-likeness (QED) is 0.546. The molecule has 0 rings (SSSR count). The van der Waals surface area contributed by atoms with Gasteiger partial charge in [0.15, 0.2) is 0 Å². The van der Waals surface area contributed by atoms with E-state index in [2.05, 4.69) is 6.58 Å². The highest BCUT2D eigenvalue weighted by Gasteiger charge is 2.21. The summed E-state index contributed by atoms with van der Waals surface area (Å²) in [5.41, 5.74) is 6.06. The first-order valence-electron chi connectivity index (χ1n) is 3.04. The fourth-order valence-electron chi connectivity index (χ4n) is 0.374. The van der Waals surface area contributed by atoms with E-state index in [0.717, 1.165) is 5.57 Å². The standard InChI is InChI=1S/C7H15NO/c1-6(2)7(3,4-8)5-9/h9H,1,4-5,8H2,2-3H3. The minimum atomic E-state index is -0.278. The Morgan fingerprint density at radius 1 is 1.78 bits per heavy atom. The Balaban J connectivity index is 4.09. The molecule has 0 saturated heterocycles. The second-order valence-corrected chi connectivity index (χ2v) is 2.70. The minimum Gasteiger partial charge on any atom is -0.395 e. The van der Waals surface area contributed by atoms with E-state index >= 15 is 0 Å². The molecule has 0 radical (unpaired) electrons. The SMILES string of the molecule is C=C(C)C(C)(CN)CO. The van der Waals surface area contributed by atoms with E-state index in [0.29, 0.717) is 6.54 Å². The van der Waals surface area contributed by atoms with Crippen molar-refractivity contribution in [2.75, 3.05) is 13.2 Å². The van der Waals surface area contributed by atoms with Gasteiger partial charge in [-0.2, -0.15) is 0 Å². The highest BCUT2D eigenvalue weighted by atomic mass is 16.3. The van der Waals surface area contributed by atoms with Gasteiger partial charge in [0.1, 0.15) is 0 Å². The predicted molar refractivity (Wildman–Crippen MR) is 39.1 cm³/mol. The summed E-state index contributed by atoms with van der Waals surface area (Å²) in [7, 11) is 0. The molecule has 0 spiro atoms. The van der Waals surface area contributed by atoms with Crippen LogP contribution in [0, 0.1) is 5.41 Å². The summed E-state index contributed by atoms with van der Waals surface area (Å²) in [5, 5.41) is 8.81. The number of rotatable bonds is 3. The number of hydrogen-bond acceptors (Lipinski definition) is 2. The van der Waals surface area contributed by atoms with E-state index in [4.69, 9.17) is 10.8 Å². The first kappa shape index (κ1) is 8.66. The normalized spacial score (nSPS) is 16.9. The van der Waals surface area contributed by atoms with Crippen LogP contribution in [0.25, 0.3) is 0 Å². The summed E-state index contributed by atoms with van der Waals surface area (Å²) in [6, 6.07) is 0. The van der Waals surface area contributed by atoms with Crippen LogP contribution in [0.15, 0.2) is 12.2 Å². The van der Waals surface area contributed by atoms with Crippen molar-refractivity contribution >= 4 is 0 Å². The average molecular weight is 129 g/mol. The smallest absolute Gasteiger partial charge is 0.0533 e. The molecule has 2 heteroatoms. The van der Waals surface area contributed by atoms with Gasteiger partial charge < -0.3 is 10.8 Å². The monoisotopic (exact) mass is 129 g/mol. The number of nitrogens with two attached hydrogens (primary N) is 1. The highest BCUT2D eigenvalue weighted by Crippen LogP contribution is 2.21. The fraction of sp³-hybridized carbons (Fsp3) is 0.714. The molecule has 0 fully saturated rings. The van der Waals surface area contributed by atoms with Crippen LogP contribution in [0.1, 0.15) is 13.8 Å². The molecular formula is C7H15NO. The third kappa shape index (κ3) is 1.80. The summed E-state index contributed by atoms with van der Waals surface area (Å²) in [4.78, 5) is 0. The Morgan fingerprint density at radius 3 is 2.22 bits per heavy atom. The maximum Gasteiger partial charge on any atom is 0.0533 e. The highest BCUT2D eigenvalue weighted by molar-refractivity contribution is 5.05. The fourth-order valence-corrected chi connectivity index (χ4v) is 0.374. The van der Waals surface area contributed by atoms with Gasteiger partial charge in [0.25, 0.3) is 0 Å². The van der Waals surface area contributed by atoms with Crippen LogP contribution < -0.4 is 5.73 Å². The van der Waals surface area contributed by atoms with Gasteiger partial charge in [-0.05, 0) is 6.92 Å². The molecule has 0 aliphatic heterocycles. The molecule has 0 aromatic heterocycles. The zero-order valence-electron chi connectivity index (χ0n) is 6.15. The maximum atomic E-state index is 8.81. The zero-order valence-corrected chi connectivity index (χ0v) is 6.15. The lowest BCUT2D eigenvalue weighted by atomic mass is 9.85. The van der Waals surface area contributed by atoms with Gasteiger partial charge in [-0.25, -0.2) is 0 Å². The summed E-state index contributed by atoms with van der Waals surface area (Å²) >= 11 is 0. The minimum absolute atomic E-state index is 0.0822. The zero-order chi connectivity index (χ0) is 7.49. The third-order valence-corrected chi connectivity index (χ3v) is 1.83. The van der Waals surface area contributed by atoms with Crippen molar-refractivity contribution in [2.24, 2.45) is 11.1 Å². The molecule has 0 bridgehead atoms. The van der Waals surface area contributed by atoms with E-state index in [9.17, 15) is 0 Å². The van der Waals surface area contributed by atoms with Crippen LogP contribution in [0.5, 0.6) is 0 Å². The Bertz CT molecular complexity index is 105. The molecule has 2 nitrogen and oxygen atoms in total.